The SMILES string of the molecule is CC(C)NC(C)(CO)CCOc1ccc2c(c1)CCCC2. The van der Waals surface area contributed by atoms with E-state index in [2.05, 4.69) is 37.4 Å². The van der Waals surface area contributed by atoms with Gasteiger partial charge < -0.3 is 15.2 Å². The Balaban J connectivity index is 1.88. The van der Waals surface area contributed by atoms with Crippen LogP contribution in [-0.4, -0.2) is 29.9 Å². The van der Waals surface area contributed by atoms with Crippen molar-refractivity contribution in [3.05, 3.63) is 29.3 Å². The maximum atomic E-state index is 9.57. The standard InChI is InChI=1S/C18H29NO2/c1-14(2)19-18(3,13-20)10-11-21-17-9-8-15-6-4-5-7-16(15)12-17/h8-9,12,14,19-20H,4-7,10-11,13H2,1-3H3. The Bertz CT molecular complexity index is 459. The number of aliphatic hydroxyl groups is 1. The number of aryl methyl sites for hydroxylation is 2. The van der Waals surface area contributed by atoms with Gasteiger partial charge in [-0.15, -0.1) is 0 Å². The number of fused-ring (bicyclic) bond motifs is 1. The van der Waals surface area contributed by atoms with E-state index in [9.17, 15) is 5.11 Å². The molecule has 3 nitrogen and oxygen atoms in total. The van der Waals surface area contributed by atoms with E-state index in [1.165, 1.54) is 36.8 Å². The monoisotopic (exact) mass is 291 g/mol. The Hall–Kier alpha value is -1.06. The summed E-state index contributed by atoms with van der Waals surface area (Å²) in [6.45, 7) is 6.98. The Labute approximate surface area is 128 Å². The van der Waals surface area contributed by atoms with E-state index in [-0.39, 0.29) is 12.1 Å². The molecular weight excluding hydrogens is 262 g/mol. The molecule has 0 spiro atoms. The van der Waals surface area contributed by atoms with E-state index in [0.717, 1.165) is 12.2 Å². The third-order valence-electron chi connectivity index (χ3n) is 4.23. The minimum atomic E-state index is -0.275. The van der Waals surface area contributed by atoms with Gasteiger partial charge in [0.05, 0.1) is 13.2 Å². The smallest absolute Gasteiger partial charge is 0.119 e. The van der Waals surface area contributed by atoms with E-state index in [1.807, 2.05) is 6.92 Å². The molecule has 1 aromatic carbocycles. The quantitative estimate of drug-likeness (QED) is 0.811. The van der Waals surface area contributed by atoms with Gasteiger partial charge >= 0.3 is 0 Å². The van der Waals surface area contributed by atoms with Gasteiger partial charge in [0.25, 0.3) is 0 Å². The summed E-state index contributed by atoms with van der Waals surface area (Å²) in [6, 6.07) is 6.84. The number of hydrogen-bond acceptors (Lipinski definition) is 3. The second-order valence-electron chi connectivity index (χ2n) is 6.75. The molecule has 1 aliphatic carbocycles. The Morgan fingerprint density at radius 1 is 1.24 bits per heavy atom. The van der Waals surface area contributed by atoms with Gasteiger partial charge in [0.15, 0.2) is 0 Å². The topological polar surface area (TPSA) is 41.5 Å². The highest BCUT2D eigenvalue weighted by molar-refractivity contribution is 5.37. The summed E-state index contributed by atoms with van der Waals surface area (Å²) in [7, 11) is 0. The Kier molecular flexibility index (Phi) is 5.65. The van der Waals surface area contributed by atoms with Crippen molar-refractivity contribution in [3.8, 4) is 5.75 Å². The van der Waals surface area contributed by atoms with Gasteiger partial charge in [0, 0.05) is 18.0 Å². The van der Waals surface area contributed by atoms with Gasteiger partial charge in [-0.2, -0.15) is 0 Å². The van der Waals surface area contributed by atoms with Crippen molar-refractivity contribution in [3.63, 3.8) is 0 Å². The molecule has 21 heavy (non-hydrogen) atoms. The first kappa shape index (κ1) is 16.3. The lowest BCUT2D eigenvalue weighted by molar-refractivity contribution is 0.136. The summed E-state index contributed by atoms with van der Waals surface area (Å²) >= 11 is 0. The average molecular weight is 291 g/mol. The Morgan fingerprint density at radius 2 is 1.95 bits per heavy atom. The summed E-state index contributed by atoms with van der Waals surface area (Å²) in [5.41, 5.74) is 2.65. The van der Waals surface area contributed by atoms with Crippen LogP contribution in [0, 0.1) is 0 Å². The molecular formula is C18H29NO2. The lowest BCUT2D eigenvalue weighted by Gasteiger charge is -2.31. The van der Waals surface area contributed by atoms with E-state index in [4.69, 9.17) is 4.74 Å². The zero-order valence-corrected chi connectivity index (χ0v) is 13.6. The summed E-state index contributed by atoms with van der Waals surface area (Å²) < 4.78 is 5.90. The molecule has 2 rings (SSSR count). The Morgan fingerprint density at radius 3 is 2.62 bits per heavy atom. The van der Waals surface area contributed by atoms with E-state index in [1.54, 1.807) is 0 Å². The number of aliphatic hydroxyl groups excluding tert-OH is 1. The molecule has 0 radical (unpaired) electrons. The third-order valence-corrected chi connectivity index (χ3v) is 4.23. The molecule has 1 unspecified atom stereocenters. The van der Waals surface area contributed by atoms with Crippen molar-refractivity contribution in [1.29, 1.82) is 0 Å². The first-order chi connectivity index (χ1) is 10.0. The number of rotatable bonds is 7. The van der Waals surface area contributed by atoms with Crippen LogP contribution in [0.4, 0.5) is 0 Å². The molecule has 1 aliphatic rings. The molecule has 1 atom stereocenters. The van der Waals surface area contributed by atoms with Crippen LogP contribution in [0.3, 0.4) is 0 Å². The average Bonchev–Trinajstić information content (AvgIpc) is 2.46. The number of nitrogens with one attached hydrogen (secondary N) is 1. The first-order valence-electron chi connectivity index (χ1n) is 8.15. The van der Waals surface area contributed by atoms with Gasteiger partial charge in [0.1, 0.15) is 5.75 Å². The zero-order chi connectivity index (χ0) is 15.3. The lowest BCUT2D eigenvalue weighted by Crippen LogP contribution is -2.49. The van der Waals surface area contributed by atoms with Crippen LogP contribution in [0.2, 0.25) is 0 Å². The normalized spacial score (nSPS) is 17.4. The van der Waals surface area contributed by atoms with E-state index < -0.39 is 0 Å². The molecule has 0 amide bonds. The fraction of sp³-hybridized carbons (Fsp3) is 0.667. The van der Waals surface area contributed by atoms with Crippen LogP contribution >= 0.6 is 0 Å². The van der Waals surface area contributed by atoms with Crippen LogP contribution in [-0.2, 0) is 12.8 Å². The maximum Gasteiger partial charge on any atom is 0.119 e. The van der Waals surface area contributed by atoms with Gasteiger partial charge in [-0.05, 0) is 55.9 Å². The largest absolute Gasteiger partial charge is 0.494 e. The highest BCUT2D eigenvalue weighted by Gasteiger charge is 2.23. The zero-order valence-electron chi connectivity index (χ0n) is 13.6. The predicted octanol–water partition coefficient (Wildman–Crippen LogP) is 3.08. The fourth-order valence-corrected chi connectivity index (χ4v) is 3.09. The number of ether oxygens (including phenoxy) is 1. The minimum absolute atomic E-state index is 0.124. The van der Waals surface area contributed by atoms with E-state index in [0.29, 0.717) is 12.6 Å². The van der Waals surface area contributed by atoms with Gasteiger partial charge in [-0.25, -0.2) is 0 Å². The number of benzene rings is 1. The fourth-order valence-electron chi connectivity index (χ4n) is 3.09. The van der Waals surface area contributed by atoms with Crippen molar-refractivity contribution in [1.82, 2.24) is 5.32 Å². The van der Waals surface area contributed by atoms with Crippen LogP contribution in [0.15, 0.2) is 18.2 Å². The second-order valence-corrected chi connectivity index (χ2v) is 6.75. The molecule has 3 heteroatoms. The first-order valence-corrected chi connectivity index (χ1v) is 8.15. The highest BCUT2D eigenvalue weighted by atomic mass is 16.5. The van der Waals surface area contributed by atoms with Crippen molar-refractivity contribution >= 4 is 0 Å². The van der Waals surface area contributed by atoms with Crippen molar-refractivity contribution in [2.45, 2.75) is 64.5 Å². The van der Waals surface area contributed by atoms with Crippen molar-refractivity contribution < 1.29 is 9.84 Å². The highest BCUT2D eigenvalue weighted by Crippen LogP contribution is 2.25. The van der Waals surface area contributed by atoms with Gasteiger partial charge in [-0.1, -0.05) is 19.9 Å². The van der Waals surface area contributed by atoms with Gasteiger partial charge in [-0.3, -0.25) is 0 Å². The lowest BCUT2D eigenvalue weighted by atomic mass is 9.92. The molecule has 2 N–H and O–H groups in total. The van der Waals surface area contributed by atoms with Crippen LogP contribution < -0.4 is 10.1 Å². The summed E-state index contributed by atoms with van der Waals surface area (Å²) in [5, 5.41) is 13.0. The second kappa shape index (κ2) is 7.28. The van der Waals surface area contributed by atoms with Crippen molar-refractivity contribution in [2.24, 2.45) is 0 Å². The van der Waals surface area contributed by atoms with Crippen LogP contribution in [0.1, 0.15) is 51.2 Å². The third kappa shape index (κ3) is 4.72. The molecule has 0 saturated carbocycles. The van der Waals surface area contributed by atoms with E-state index >= 15 is 0 Å². The predicted molar refractivity (Wildman–Crippen MR) is 87.0 cm³/mol. The van der Waals surface area contributed by atoms with Gasteiger partial charge in [0.2, 0.25) is 0 Å². The molecule has 0 aliphatic heterocycles. The number of hydrogen-bond donors (Lipinski definition) is 2. The molecule has 1 aromatic rings. The molecule has 0 aromatic heterocycles. The summed E-state index contributed by atoms with van der Waals surface area (Å²) in [4.78, 5) is 0. The molecule has 0 saturated heterocycles. The van der Waals surface area contributed by atoms with Crippen LogP contribution in [0.25, 0.3) is 0 Å². The summed E-state index contributed by atoms with van der Waals surface area (Å²) in [5.74, 6) is 0.959. The molecule has 118 valence electrons. The van der Waals surface area contributed by atoms with Crippen LogP contribution in [0.5, 0.6) is 5.75 Å². The summed E-state index contributed by atoms with van der Waals surface area (Å²) in [6.07, 6.45) is 5.77. The molecule has 0 fully saturated rings. The van der Waals surface area contributed by atoms with Crippen molar-refractivity contribution in [2.75, 3.05) is 13.2 Å². The maximum absolute atomic E-state index is 9.57. The molecule has 0 bridgehead atoms. The minimum Gasteiger partial charge on any atom is -0.494 e. The molecule has 0 heterocycles.